The van der Waals surface area contributed by atoms with Gasteiger partial charge in [0.15, 0.2) is 5.78 Å². The van der Waals surface area contributed by atoms with Crippen LogP contribution in [-0.4, -0.2) is 34.9 Å². The monoisotopic (exact) mass is 454 g/mol. The molecule has 0 saturated heterocycles. The first-order chi connectivity index (χ1) is 14.5. The Labute approximate surface area is 173 Å². The number of hydrogen-bond donors (Lipinski definition) is 1. The van der Waals surface area contributed by atoms with Crippen molar-refractivity contribution in [2.45, 2.75) is 5.78 Å². The summed E-state index contributed by atoms with van der Waals surface area (Å²) in [4.78, 5) is 43.2. The largest absolute Gasteiger partial charge is 0.356 e. The smallest absolute Gasteiger partial charge is 0.334 e. The number of nitro groups is 3. The van der Waals surface area contributed by atoms with Crippen LogP contribution < -0.4 is 5.32 Å². The standard InChI is InChI=1S/C16H15N4O10P/c1-29-31(28,30-2)16(10-3-5-12(6-4-10)18(22)23)17-15(21)11-7-13(19(24)25)9-14(8-11)20(26)27/h3-9,16H,1-2H3,(H,17,21)/t16-/m0/s1. The number of nitrogens with one attached hydrogen (secondary N) is 1. The molecule has 31 heavy (non-hydrogen) atoms. The van der Waals surface area contributed by atoms with Gasteiger partial charge in [-0.15, -0.1) is 0 Å². The van der Waals surface area contributed by atoms with Crippen LogP contribution in [0.1, 0.15) is 21.7 Å². The van der Waals surface area contributed by atoms with Gasteiger partial charge in [-0.25, -0.2) is 0 Å². The van der Waals surface area contributed by atoms with E-state index in [9.17, 15) is 39.7 Å². The maximum atomic E-state index is 13.0. The van der Waals surface area contributed by atoms with Gasteiger partial charge in [0.1, 0.15) is 0 Å². The molecule has 164 valence electrons. The van der Waals surface area contributed by atoms with Crippen LogP contribution in [0.15, 0.2) is 42.5 Å². The van der Waals surface area contributed by atoms with Crippen molar-refractivity contribution in [3.63, 3.8) is 0 Å². The summed E-state index contributed by atoms with van der Waals surface area (Å²) in [6, 6.07) is 6.91. The van der Waals surface area contributed by atoms with Crippen LogP contribution in [0.3, 0.4) is 0 Å². The maximum Gasteiger partial charge on any atom is 0.356 e. The second kappa shape index (κ2) is 9.38. The van der Waals surface area contributed by atoms with Gasteiger partial charge >= 0.3 is 7.60 Å². The lowest BCUT2D eigenvalue weighted by atomic mass is 10.1. The fourth-order valence-electron chi connectivity index (χ4n) is 2.55. The highest BCUT2D eigenvalue weighted by molar-refractivity contribution is 7.54. The molecule has 2 aromatic rings. The van der Waals surface area contributed by atoms with E-state index in [1.165, 1.54) is 12.1 Å². The zero-order chi connectivity index (χ0) is 23.3. The summed E-state index contributed by atoms with van der Waals surface area (Å²) in [5.74, 6) is -2.53. The summed E-state index contributed by atoms with van der Waals surface area (Å²) >= 11 is 0. The average molecular weight is 454 g/mol. The third-order valence-corrected chi connectivity index (χ3v) is 6.18. The van der Waals surface area contributed by atoms with E-state index in [1.54, 1.807) is 0 Å². The summed E-state index contributed by atoms with van der Waals surface area (Å²) < 4.78 is 22.8. The van der Waals surface area contributed by atoms with Gasteiger partial charge in [-0.05, 0) is 17.7 Å². The van der Waals surface area contributed by atoms with E-state index in [-0.39, 0.29) is 11.3 Å². The predicted molar refractivity (Wildman–Crippen MR) is 105 cm³/mol. The molecule has 0 aromatic heterocycles. The minimum Gasteiger partial charge on any atom is -0.334 e. The molecule has 1 amide bonds. The van der Waals surface area contributed by atoms with Gasteiger partial charge in [-0.2, -0.15) is 0 Å². The van der Waals surface area contributed by atoms with E-state index >= 15 is 0 Å². The first-order valence-corrected chi connectivity index (χ1v) is 9.84. The number of non-ortho nitro benzene ring substituents is 3. The highest BCUT2D eigenvalue weighted by atomic mass is 31.2. The molecule has 0 aliphatic heterocycles. The molecule has 0 spiro atoms. The summed E-state index contributed by atoms with van der Waals surface area (Å²) in [7, 11) is -1.96. The first kappa shape index (κ1) is 23.5. The number of nitrogens with zero attached hydrogens (tertiary/aromatic N) is 3. The molecule has 0 heterocycles. The van der Waals surface area contributed by atoms with Crippen LogP contribution in [0, 0.1) is 30.3 Å². The second-order valence-electron chi connectivity index (χ2n) is 5.88. The summed E-state index contributed by atoms with van der Waals surface area (Å²) in [6.45, 7) is 0. The van der Waals surface area contributed by atoms with Crippen LogP contribution in [0.5, 0.6) is 0 Å². The molecule has 0 fully saturated rings. The third-order valence-electron chi connectivity index (χ3n) is 4.10. The Hall–Kier alpha value is -3.74. The number of carbonyl (C=O) groups excluding carboxylic acids is 1. The topological polar surface area (TPSA) is 194 Å². The summed E-state index contributed by atoms with van der Waals surface area (Å²) in [5.41, 5.74) is -2.02. The SMILES string of the molecule is COP(=O)(OC)[C@H](NC(=O)c1cc([N+](=O)[O-])cc([N+](=O)[O-])c1)c1ccc([N+](=O)[O-])cc1. The lowest BCUT2D eigenvalue weighted by Crippen LogP contribution is -2.29. The number of carbonyl (C=O) groups is 1. The Balaban J connectivity index is 2.51. The van der Waals surface area contributed by atoms with Gasteiger partial charge in [-0.3, -0.25) is 39.7 Å². The molecule has 1 N–H and O–H groups in total. The van der Waals surface area contributed by atoms with Crippen molar-refractivity contribution in [2.24, 2.45) is 0 Å². The lowest BCUT2D eigenvalue weighted by Gasteiger charge is -2.25. The van der Waals surface area contributed by atoms with Gasteiger partial charge < -0.3 is 14.4 Å². The summed E-state index contributed by atoms with van der Waals surface area (Å²) in [6.07, 6.45) is 0. The summed E-state index contributed by atoms with van der Waals surface area (Å²) in [5, 5.41) is 35.2. The van der Waals surface area contributed by atoms with E-state index in [1.807, 2.05) is 0 Å². The van der Waals surface area contributed by atoms with Gasteiger partial charge in [0.25, 0.3) is 23.0 Å². The van der Waals surface area contributed by atoms with Crippen molar-refractivity contribution < 1.29 is 33.2 Å². The Kier molecular flexibility index (Phi) is 7.12. The van der Waals surface area contributed by atoms with Crippen molar-refractivity contribution in [3.8, 4) is 0 Å². The zero-order valence-electron chi connectivity index (χ0n) is 16.0. The fourth-order valence-corrected chi connectivity index (χ4v) is 3.94. The Morgan fingerprint density at radius 1 is 0.871 bits per heavy atom. The van der Waals surface area contributed by atoms with Crippen molar-refractivity contribution in [2.75, 3.05) is 14.2 Å². The quantitative estimate of drug-likeness (QED) is 0.333. The van der Waals surface area contributed by atoms with Crippen LogP contribution in [0.25, 0.3) is 0 Å². The van der Waals surface area contributed by atoms with E-state index in [0.29, 0.717) is 6.07 Å². The molecule has 14 nitrogen and oxygen atoms in total. The Morgan fingerprint density at radius 3 is 1.71 bits per heavy atom. The third kappa shape index (κ3) is 5.25. The average Bonchev–Trinajstić information content (AvgIpc) is 2.76. The normalized spacial score (nSPS) is 12.1. The van der Waals surface area contributed by atoms with Crippen LogP contribution in [0.4, 0.5) is 17.1 Å². The van der Waals surface area contributed by atoms with Crippen molar-refractivity contribution in [1.29, 1.82) is 0 Å². The number of nitro benzene ring substituents is 3. The highest BCUT2D eigenvalue weighted by Gasteiger charge is 2.37. The molecule has 0 saturated carbocycles. The predicted octanol–water partition coefficient (Wildman–Crippen LogP) is 3.33. The first-order valence-electron chi connectivity index (χ1n) is 8.22. The van der Waals surface area contributed by atoms with Crippen LogP contribution in [0.2, 0.25) is 0 Å². The Morgan fingerprint density at radius 2 is 1.32 bits per heavy atom. The maximum absolute atomic E-state index is 13.0. The number of rotatable bonds is 9. The van der Waals surface area contributed by atoms with E-state index in [0.717, 1.165) is 38.5 Å². The second-order valence-corrected chi connectivity index (χ2v) is 8.21. The molecule has 2 aromatic carbocycles. The van der Waals surface area contributed by atoms with Crippen LogP contribution in [-0.2, 0) is 13.6 Å². The van der Waals surface area contributed by atoms with Gasteiger partial charge in [-0.1, -0.05) is 0 Å². The van der Waals surface area contributed by atoms with E-state index < -0.39 is 51.0 Å². The van der Waals surface area contributed by atoms with Crippen molar-refractivity contribution in [1.82, 2.24) is 5.32 Å². The molecule has 1 atom stereocenters. The molecule has 2 rings (SSSR count). The Bertz CT molecular complexity index is 1050. The van der Waals surface area contributed by atoms with E-state index in [2.05, 4.69) is 5.32 Å². The molecule has 0 bridgehead atoms. The highest BCUT2D eigenvalue weighted by Crippen LogP contribution is 2.58. The minimum atomic E-state index is -4.06. The minimum absolute atomic E-state index is 0.103. The molecule has 15 heteroatoms. The molecule has 0 aliphatic carbocycles. The molecular formula is C16H15N4O10P. The van der Waals surface area contributed by atoms with Crippen molar-refractivity contribution >= 4 is 30.6 Å². The number of hydrogen-bond acceptors (Lipinski definition) is 10. The van der Waals surface area contributed by atoms with E-state index in [4.69, 9.17) is 9.05 Å². The fraction of sp³-hybridized carbons (Fsp3) is 0.188. The van der Waals surface area contributed by atoms with Gasteiger partial charge in [0.2, 0.25) is 0 Å². The van der Waals surface area contributed by atoms with Gasteiger partial charge in [0, 0.05) is 38.5 Å². The molecule has 0 aliphatic rings. The molecule has 0 unspecified atom stereocenters. The lowest BCUT2D eigenvalue weighted by molar-refractivity contribution is -0.394. The molecule has 0 radical (unpaired) electrons. The zero-order valence-corrected chi connectivity index (χ0v) is 16.9. The van der Waals surface area contributed by atoms with Gasteiger partial charge in [0.05, 0.1) is 26.4 Å². The number of amides is 1. The number of benzene rings is 2. The van der Waals surface area contributed by atoms with Crippen molar-refractivity contribution in [3.05, 3.63) is 83.9 Å². The van der Waals surface area contributed by atoms with Crippen LogP contribution >= 0.6 is 7.60 Å². The molecular weight excluding hydrogens is 439 g/mol.